The first kappa shape index (κ1) is 10.7. The van der Waals surface area contributed by atoms with Crippen molar-refractivity contribution in [1.29, 1.82) is 0 Å². The lowest BCUT2D eigenvalue weighted by atomic mass is 9.91. The summed E-state index contributed by atoms with van der Waals surface area (Å²) in [4.78, 5) is 11.1. The van der Waals surface area contributed by atoms with Gasteiger partial charge in [-0.1, -0.05) is 36.4 Å². The molecule has 1 atom stereocenters. The molecule has 0 unspecified atom stereocenters. The lowest BCUT2D eigenvalue weighted by Gasteiger charge is -2.13. The van der Waals surface area contributed by atoms with Crippen molar-refractivity contribution in [1.82, 2.24) is 0 Å². The third-order valence-electron chi connectivity index (χ3n) is 2.26. The Morgan fingerprint density at radius 2 is 2.07 bits per heavy atom. The molecule has 0 aliphatic heterocycles. The van der Waals surface area contributed by atoms with Crippen LogP contribution in [0, 0.1) is 0 Å². The van der Waals surface area contributed by atoms with E-state index in [-0.39, 0.29) is 5.78 Å². The van der Waals surface area contributed by atoms with Crippen molar-refractivity contribution in [3.05, 3.63) is 48.6 Å². The van der Waals surface area contributed by atoms with Crippen molar-refractivity contribution in [3.63, 3.8) is 0 Å². The van der Waals surface area contributed by atoms with Gasteiger partial charge in [-0.05, 0) is 24.8 Å². The average molecular weight is 188 g/mol. The van der Waals surface area contributed by atoms with E-state index in [1.807, 2.05) is 24.3 Å². The number of carbonyl (C=O) groups is 1. The molecule has 1 aromatic carbocycles. The van der Waals surface area contributed by atoms with Gasteiger partial charge in [0.15, 0.2) is 0 Å². The molecule has 14 heavy (non-hydrogen) atoms. The van der Waals surface area contributed by atoms with Gasteiger partial charge in [0, 0.05) is 6.42 Å². The molecule has 74 valence electrons. The highest BCUT2D eigenvalue weighted by molar-refractivity contribution is 5.76. The standard InChI is InChI=1S/C13H16O/c1-3-7-13(10-11(2)14)12-8-5-4-6-9-12/h3-6,8-9,13H,1,7,10H2,2H3/t13-/m0/s1. The zero-order valence-corrected chi connectivity index (χ0v) is 8.57. The maximum Gasteiger partial charge on any atom is 0.130 e. The molecule has 0 N–H and O–H groups in total. The smallest absolute Gasteiger partial charge is 0.130 e. The van der Waals surface area contributed by atoms with Gasteiger partial charge < -0.3 is 4.79 Å². The third kappa shape index (κ3) is 3.17. The molecule has 1 rings (SSSR count). The molecule has 0 saturated carbocycles. The van der Waals surface area contributed by atoms with E-state index < -0.39 is 0 Å². The Morgan fingerprint density at radius 1 is 1.43 bits per heavy atom. The quantitative estimate of drug-likeness (QED) is 0.648. The number of carbonyl (C=O) groups excluding carboxylic acids is 1. The first-order valence-electron chi connectivity index (χ1n) is 4.89. The van der Waals surface area contributed by atoms with Gasteiger partial charge >= 0.3 is 0 Å². The monoisotopic (exact) mass is 188 g/mol. The molecule has 0 bridgehead atoms. The number of benzene rings is 1. The van der Waals surface area contributed by atoms with Gasteiger partial charge in [-0.3, -0.25) is 0 Å². The minimum absolute atomic E-state index is 0.237. The summed E-state index contributed by atoms with van der Waals surface area (Å²) in [6.45, 7) is 5.36. The molecule has 1 heteroatoms. The molecule has 0 saturated heterocycles. The first-order valence-corrected chi connectivity index (χ1v) is 4.89. The Morgan fingerprint density at radius 3 is 2.57 bits per heavy atom. The Kier molecular flexibility index (Phi) is 4.11. The SMILES string of the molecule is C=CC[C@@H](CC(C)=O)c1ccccc1. The molecule has 0 aliphatic rings. The van der Waals surface area contributed by atoms with Gasteiger partial charge in [0.05, 0.1) is 0 Å². The Bertz CT molecular complexity index is 300. The van der Waals surface area contributed by atoms with Crippen molar-refractivity contribution >= 4 is 5.78 Å². The largest absolute Gasteiger partial charge is 0.300 e. The fraction of sp³-hybridized carbons (Fsp3) is 0.308. The maximum atomic E-state index is 11.1. The Hall–Kier alpha value is -1.37. The van der Waals surface area contributed by atoms with Crippen LogP contribution in [-0.4, -0.2) is 5.78 Å². The van der Waals surface area contributed by atoms with E-state index in [2.05, 4.69) is 18.7 Å². The van der Waals surface area contributed by atoms with Crippen molar-refractivity contribution in [3.8, 4) is 0 Å². The lowest BCUT2D eigenvalue weighted by Crippen LogP contribution is -2.03. The summed E-state index contributed by atoms with van der Waals surface area (Å²) in [5.41, 5.74) is 1.22. The van der Waals surface area contributed by atoms with E-state index in [4.69, 9.17) is 0 Å². The van der Waals surface area contributed by atoms with Crippen molar-refractivity contribution in [2.75, 3.05) is 0 Å². The molecule has 0 heterocycles. The minimum Gasteiger partial charge on any atom is -0.300 e. The molecular weight excluding hydrogens is 172 g/mol. The van der Waals surface area contributed by atoms with E-state index in [0.29, 0.717) is 12.3 Å². The van der Waals surface area contributed by atoms with E-state index in [1.165, 1.54) is 5.56 Å². The summed E-state index contributed by atoms with van der Waals surface area (Å²) in [5, 5.41) is 0. The molecule has 1 nitrogen and oxygen atoms in total. The summed E-state index contributed by atoms with van der Waals surface area (Å²) in [7, 11) is 0. The zero-order chi connectivity index (χ0) is 10.4. The number of rotatable bonds is 5. The van der Waals surface area contributed by atoms with Crippen LogP contribution in [0.4, 0.5) is 0 Å². The minimum atomic E-state index is 0.237. The second-order valence-electron chi connectivity index (χ2n) is 3.54. The van der Waals surface area contributed by atoms with Crippen molar-refractivity contribution < 1.29 is 4.79 Å². The molecule has 0 amide bonds. The van der Waals surface area contributed by atoms with Crippen LogP contribution in [0.1, 0.15) is 31.2 Å². The molecule has 0 fully saturated rings. The van der Waals surface area contributed by atoms with Crippen LogP contribution in [0.15, 0.2) is 43.0 Å². The van der Waals surface area contributed by atoms with Crippen LogP contribution in [0.2, 0.25) is 0 Å². The fourth-order valence-corrected chi connectivity index (χ4v) is 1.61. The van der Waals surface area contributed by atoms with Crippen molar-refractivity contribution in [2.45, 2.75) is 25.7 Å². The van der Waals surface area contributed by atoms with Crippen LogP contribution >= 0.6 is 0 Å². The van der Waals surface area contributed by atoms with Gasteiger partial charge in [-0.15, -0.1) is 6.58 Å². The number of allylic oxidation sites excluding steroid dienone is 1. The summed E-state index contributed by atoms with van der Waals surface area (Å²) < 4.78 is 0. The van der Waals surface area contributed by atoms with Gasteiger partial charge in [-0.25, -0.2) is 0 Å². The number of hydrogen-bond acceptors (Lipinski definition) is 1. The normalized spacial score (nSPS) is 12.1. The lowest BCUT2D eigenvalue weighted by molar-refractivity contribution is -0.117. The van der Waals surface area contributed by atoms with Crippen molar-refractivity contribution in [2.24, 2.45) is 0 Å². The summed E-state index contributed by atoms with van der Waals surface area (Å²) in [5.74, 6) is 0.534. The Balaban J connectivity index is 2.77. The average Bonchev–Trinajstić information content (AvgIpc) is 2.18. The number of ketones is 1. The van der Waals surface area contributed by atoms with E-state index in [1.54, 1.807) is 6.92 Å². The molecule has 1 aromatic rings. The first-order chi connectivity index (χ1) is 6.74. The van der Waals surface area contributed by atoms with Crippen LogP contribution in [-0.2, 0) is 4.79 Å². The predicted octanol–water partition coefficient (Wildman–Crippen LogP) is 3.33. The fourth-order valence-electron chi connectivity index (χ4n) is 1.61. The molecule has 0 aromatic heterocycles. The van der Waals surface area contributed by atoms with E-state index >= 15 is 0 Å². The maximum absolute atomic E-state index is 11.1. The summed E-state index contributed by atoms with van der Waals surface area (Å²) in [6, 6.07) is 10.1. The van der Waals surface area contributed by atoms with Gasteiger partial charge in [0.1, 0.15) is 5.78 Å². The van der Waals surface area contributed by atoms with Gasteiger partial charge in [-0.2, -0.15) is 0 Å². The van der Waals surface area contributed by atoms with Crippen LogP contribution in [0.25, 0.3) is 0 Å². The third-order valence-corrected chi connectivity index (χ3v) is 2.26. The van der Waals surface area contributed by atoms with E-state index in [0.717, 1.165) is 6.42 Å². The molecule has 0 aliphatic carbocycles. The topological polar surface area (TPSA) is 17.1 Å². The Labute approximate surface area is 85.5 Å². The van der Waals surface area contributed by atoms with Gasteiger partial charge in [0.2, 0.25) is 0 Å². The van der Waals surface area contributed by atoms with Crippen LogP contribution in [0.3, 0.4) is 0 Å². The van der Waals surface area contributed by atoms with Crippen LogP contribution < -0.4 is 0 Å². The number of hydrogen-bond donors (Lipinski definition) is 0. The highest BCUT2D eigenvalue weighted by atomic mass is 16.1. The number of Topliss-reactive ketones (excluding diaryl/α,β-unsaturated/α-hetero) is 1. The van der Waals surface area contributed by atoms with Gasteiger partial charge in [0.25, 0.3) is 0 Å². The van der Waals surface area contributed by atoms with E-state index in [9.17, 15) is 4.79 Å². The summed E-state index contributed by atoms with van der Waals surface area (Å²) >= 11 is 0. The second-order valence-corrected chi connectivity index (χ2v) is 3.54. The highest BCUT2D eigenvalue weighted by Crippen LogP contribution is 2.23. The highest BCUT2D eigenvalue weighted by Gasteiger charge is 2.11. The second kappa shape index (κ2) is 5.38. The zero-order valence-electron chi connectivity index (χ0n) is 8.57. The predicted molar refractivity (Wildman–Crippen MR) is 59.3 cm³/mol. The molecular formula is C13H16O. The summed E-state index contributed by atoms with van der Waals surface area (Å²) in [6.07, 6.45) is 3.35. The molecule has 0 spiro atoms. The van der Waals surface area contributed by atoms with Crippen LogP contribution in [0.5, 0.6) is 0 Å². The molecule has 0 radical (unpaired) electrons.